The molecule has 0 aliphatic heterocycles. The molecule has 2 unspecified atom stereocenters. The van der Waals surface area contributed by atoms with E-state index in [9.17, 15) is 4.39 Å². The van der Waals surface area contributed by atoms with Crippen molar-refractivity contribution >= 4 is 5.69 Å². The molecule has 21 heavy (non-hydrogen) atoms. The fourth-order valence-corrected chi connectivity index (χ4v) is 2.48. The van der Waals surface area contributed by atoms with Gasteiger partial charge >= 0.3 is 0 Å². The van der Waals surface area contributed by atoms with Crippen molar-refractivity contribution in [3.63, 3.8) is 0 Å². The van der Waals surface area contributed by atoms with Gasteiger partial charge in [0.05, 0.1) is 13.2 Å². The van der Waals surface area contributed by atoms with E-state index in [2.05, 4.69) is 12.2 Å². The van der Waals surface area contributed by atoms with Gasteiger partial charge in [0, 0.05) is 17.7 Å². The van der Waals surface area contributed by atoms with Crippen LogP contribution < -0.4 is 10.1 Å². The summed E-state index contributed by atoms with van der Waals surface area (Å²) in [7, 11) is 0. The molecule has 3 nitrogen and oxygen atoms in total. The summed E-state index contributed by atoms with van der Waals surface area (Å²) in [6, 6.07) is 8.92. The number of benzene rings is 1. The molecule has 2 atom stereocenters. The fraction of sp³-hybridized carbons (Fsp3) is 0.412. The Morgan fingerprint density at radius 3 is 2.81 bits per heavy atom. The number of hydrogen-bond donors (Lipinski definition) is 1. The molecule has 0 amide bonds. The number of furan rings is 1. The molecule has 1 saturated carbocycles. The standard InChI is InChI=1S/C17H20FNO2/c1-3-20-17-6-4-12(9-15(17)18)19-10-13-5-7-16(21-13)14-8-11(14)2/h4-7,9,11,14,19H,3,8,10H2,1-2H3. The molecule has 2 aromatic rings. The van der Waals surface area contributed by atoms with Crippen LogP contribution in [0.5, 0.6) is 5.75 Å². The second-order valence-electron chi connectivity index (χ2n) is 5.56. The lowest BCUT2D eigenvalue weighted by molar-refractivity contribution is 0.321. The second kappa shape index (κ2) is 5.80. The monoisotopic (exact) mass is 289 g/mol. The van der Waals surface area contributed by atoms with E-state index >= 15 is 0 Å². The first-order valence-electron chi connectivity index (χ1n) is 7.42. The highest BCUT2D eigenvalue weighted by atomic mass is 19.1. The molecule has 1 fully saturated rings. The zero-order valence-electron chi connectivity index (χ0n) is 12.4. The van der Waals surface area contributed by atoms with Crippen molar-refractivity contribution in [3.05, 3.63) is 47.7 Å². The molecule has 112 valence electrons. The summed E-state index contributed by atoms with van der Waals surface area (Å²) in [6.07, 6.45) is 1.21. The first-order chi connectivity index (χ1) is 10.2. The molecule has 1 aliphatic carbocycles. The molecular weight excluding hydrogens is 269 g/mol. The third-order valence-corrected chi connectivity index (χ3v) is 3.86. The average Bonchev–Trinajstić information content (AvgIpc) is 3.01. The lowest BCUT2D eigenvalue weighted by atomic mass is 10.2. The molecule has 4 heteroatoms. The lowest BCUT2D eigenvalue weighted by Gasteiger charge is -2.08. The molecule has 0 spiro atoms. The van der Waals surface area contributed by atoms with Crippen molar-refractivity contribution in [3.8, 4) is 5.75 Å². The minimum Gasteiger partial charge on any atom is -0.491 e. The van der Waals surface area contributed by atoms with Gasteiger partial charge in [0.1, 0.15) is 11.5 Å². The van der Waals surface area contributed by atoms with Crippen LogP contribution in [0.2, 0.25) is 0 Å². The van der Waals surface area contributed by atoms with E-state index in [1.165, 1.54) is 12.5 Å². The maximum atomic E-state index is 13.7. The number of halogens is 1. The van der Waals surface area contributed by atoms with Crippen molar-refractivity contribution in [1.29, 1.82) is 0 Å². The van der Waals surface area contributed by atoms with Crippen molar-refractivity contribution in [2.75, 3.05) is 11.9 Å². The van der Waals surface area contributed by atoms with E-state index < -0.39 is 0 Å². The normalized spacial score (nSPS) is 20.3. The van der Waals surface area contributed by atoms with E-state index in [0.717, 1.165) is 17.4 Å². The molecule has 1 heterocycles. The highest BCUT2D eigenvalue weighted by molar-refractivity contribution is 5.47. The van der Waals surface area contributed by atoms with Crippen LogP contribution in [0.1, 0.15) is 37.7 Å². The minimum atomic E-state index is -0.353. The van der Waals surface area contributed by atoms with Gasteiger partial charge in [-0.1, -0.05) is 6.92 Å². The smallest absolute Gasteiger partial charge is 0.167 e. The van der Waals surface area contributed by atoms with Gasteiger partial charge in [0.25, 0.3) is 0 Å². The van der Waals surface area contributed by atoms with Gasteiger partial charge in [-0.3, -0.25) is 0 Å². The van der Waals surface area contributed by atoms with Gasteiger partial charge in [-0.25, -0.2) is 4.39 Å². The summed E-state index contributed by atoms with van der Waals surface area (Å²) in [6.45, 7) is 5.07. The number of nitrogens with one attached hydrogen (secondary N) is 1. The fourth-order valence-electron chi connectivity index (χ4n) is 2.48. The van der Waals surface area contributed by atoms with Gasteiger partial charge in [0.15, 0.2) is 11.6 Å². The zero-order valence-corrected chi connectivity index (χ0v) is 12.4. The quantitative estimate of drug-likeness (QED) is 0.847. The van der Waals surface area contributed by atoms with Gasteiger partial charge in [-0.15, -0.1) is 0 Å². The molecule has 0 radical (unpaired) electrons. The SMILES string of the molecule is CCOc1ccc(NCc2ccc(C3CC3C)o2)cc1F. The van der Waals surface area contributed by atoms with E-state index in [-0.39, 0.29) is 11.6 Å². The number of anilines is 1. The first kappa shape index (κ1) is 14.0. The average molecular weight is 289 g/mol. The number of rotatable bonds is 6. The molecule has 0 bridgehead atoms. The Kier molecular flexibility index (Phi) is 3.86. The molecule has 1 aromatic heterocycles. The lowest BCUT2D eigenvalue weighted by Crippen LogP contribution is -2.00. The predicted molar refractivity (Wildman–Crippen MR) is 80.1 cm³/mol. The Bertz CT molecular complexity index is 623. The summed E-state index contributed by atoms with van der Waals surface area (Å²) < 4.78 is 24.7. The number of hydrogen-bond acceptors (Lipinski definition) is 3. The second-order valence-corrected chi connectivity index (χ2v) is 5.56. The summed E-state index contributed by atoms with van der Waals surface area (Å²) in [5.74, 6) is 3.19. The van der Waals surface area contributed by atoms with E-state index in [1.54, 1.807) is 12.1 Å². The third kappa shape index (κ3) is 3.20. The van der Waals surface area contributed by atoms with Gasteiger partial charge < -0.3 is 14.5 Å². The van der Waals surface area contributed by atoms with Crippen molar-refractivity contribution in [2.24, 2.45) is 5.92 Å². The van der Waals surface area contributed by atoms with E-state index in [4.69, 9.17) is 9.15 Å². The highest BCUT2D eigenvalue weighted by Gasteiger charge is 2.36. The van der Waals surface area contributed by atoms with Crippen LogP contribution in [-0.2, 0) is 6.54 Å². The van der Waals surface area contributed by atoms with Crippen LogP contribution in [0.3, 0.4) is 0 Å². The highest BCUT2D eigenvalue weighted by Crippen LogP contribution is 2.47. The molecule has 3 rings (SSSR count). The van der Waals surface area contributed by atoms with E-state index in [1.807, 2.05) is 19.1 Å². The first-order valence-corrected chi connectivity index (χ1v) is 7.42. The third-order valence-electron chi connectivity index (χ3n) is 3.86. The Hall–Kier alpha value is -1.97. The summed E-state index contributed by atoms with van der Waals surface area (Å²) in [5.41, 5.74) is 0.716. The molecule has 1 N–H and O–H groups in total. The molecule has 1 aromatic carbocycles. The van der Waals surface area contributed by atoms with Crippen molar-refractivity contribution < 1.29 is 13.5 Å². The maximum Gasteiger partial charge on any atom is 0.167 e. The summed E-state index contributed by atoms with van der Waals surface area (Å²) in [4.78, 5) is 0. The molecule has 1 aliphatic rings. The number of ether oxygens (including phenoxy) is 1. The zero-order chi connectivity index (χ0) is 14.8. The van der Waals surface area contributed by atoms with Crippen LogP contribution in [0.4, 0.5) is 10.1 Å². The summed E-state index contributed by atoms with van der Waals surface area (Å²) in [5, 5.41) is 3.17. The van der Waals surface area contributed by atoms with Crippen LogP contribution in [0.15, 0.2) is 34.7 Å². The van der Waals surface area contributed by atoms with Crippen molar-refractivity contribution in [1.82, 2.24) is 0 Å². The Morgan fingerprint density at radius 2 is 2.14 bits per heavy atom. The predicted octanol–water partition coefficient (Wildman–Crippen LogP) is 4.55. The van der Waals surface area contributed by atoms with Crippen LogP contribution in [0.25, 0.3) is 0 Å². The minimum absolute atomic E-state index is 0.283. The topological polar surface area (TPSA) is 34.4 Å². The Balaban J connectivity index is 1.59. The van der Waals surface area contributed by atoms with Crippen LogP contribution in [-0.4, -0.2) is 6.61 Å². The molecule has 0 saturated heterocycles. The van der Waals surface area contributed by atoms with Gasteiger partial charge in [-0.05, 0) is 43.5 Å². The Labute approximate surface area is 124 Å². The maximum absolute atomic E-state index is 13.7. The van der Waals surface area contributed by atoms with Crippen LogP contribution in [0, 0.1) is 11.7 Å². The van der Waals surface area contributed by atoms with Crippen molar-refractivity contribution in [2.45, 2.75) is 32.7 Å². The van der Waals surface area contributed by atoms with Crippen LogP contribution >= 0.6 is 0 Å². The summed E-state index contributed by atoms with van der Waals surface area (Å²) >= 11 is 0. The van der Waals surface area contributed by atoms with Gasteiger partial charge in [-0.2, -0.15) is 0 Å². The van der Waals surface area contributed by atoms with Gasteiger partial charge in [0.2, 0.25) is 0 Å². The largest absolute Gasteiger partial charge is 0.491 e. The molecular formula is C17H20FNO2. The van der Waals surface area contributed by atoms with E-state index in [0.29, 0.717) is 24.8 Å². The Morgan fingerprint density at radius 1 is 1.33 bits per heavy atom.